The van der Waals surface area contributed by atoms with Crippen molar-refractivity contribution in [1.29, 1.82) is 0 Å². The first kappa shape index (κ1) is 23.5. The molecule has 1 heterocycles. The minimum absolute atomic E-state index is 0.393. The molecule has 0 spiro atoms. The molecule has 0 bridgehead atoms. The van der Waals surface area contributed by atoms with Crippen molar-refractivity contribution in [2.24, 2.45) is 5.92 Å². The van der Waals surface area contributed by atoms with Crippen LogP contribution in [0.1, 0.15) is 75.3 Å². The molecule has 2 nitrogen and oxygen atoms in total. The summed E-state index contributed by atoms with van der Waals surface area (Å²) >= 11 is 5.58. The molecule has 3 rings (SSSR count). The van der Waals surface area contributed by atoms with E-state index in [1.807, 2.05) is 7.05 Å². The van der Waals surface area contributed by atoms with E-state index in [1.165, 1.54) is 83.1 Å². The zero-order valence-electron chi connectivity index (χ0n) is 18.1. The normalized spacial score (nSPS) is 23.3. The third-order valence-electron chi connectivity index (χ3n) is 6.93. The van der Waals surface area contributed by atoms with Gasteiger partial charge in [0, 0.05) is 18.7 Å². The lowest BCUT2D eigenvalue weighted by Crippen LogP contribution is -2.39. The van der Waals surface area contributed by atoms with Crippen LogP contribution in [-0.2, 0) is 6.18 Å². The Morgan fingerprint density at radius 1 is 1.00 bits per heavy atom. The highest BCUT2D eigenvalue weighted by molar-refractivity contribution is 7.80. The Kier molecular flexibility index (Phi) is 8.58. The monoisotopic (exact) mass is 440 g/mol. The molecule has 6 heteroatoms. The van der Waals surface area contributed by atoms with E-state index >= 15 is 0 Å². The fourth-order valence-electron chi connectivity index (χ4n) is 4.94. The summed E-state index contributed by atoms with van der Waals surface area (Å²) in [5.41, 5.74) is 0.0674. The molecule has 0 aromatic heterocycles. The van der Waals surface area contributed by atoms with Gasteiger partial charge in [-0.2, -0.15) is 13.2 Å². The molecule has 1 aliphatic carbocycles. The Labute approximate surface area is 184 Å². The number of likely N-dealkylation sites (tertiary alicyclic amines) is 1. The van der Waals surface area contributed by atoms with E-state index in [1.54, 1.807) is 0 Å². The molecule has 2 fully saturated rings. The van der Waals surface area contributed by atoms with E-state index in [0.29, 0.717) is 16.6 Å². The summed E-state index contributed by atoms with van der Waals surface area (Å²) < 4.78 is 38.3. The highest BCUT2D eigenvalue weighted by Gasteiger charge is 2.30. The standard InChI is InChI=1S/C24H35F3N2S/c1-28(23(30)20-10-12-21(13-11-20)24(25,26)27)22-14-8-19(9-15-22)7-3-6-18-29-16-4-2-5-17-29/h10-13,19,22H,2-9,14-18H2,1H3. The van der Waals surface area contributed by atoms with Crippen LogP contribution in [0.5, 0.6) is 0 Å². The maximum Gasteiger partial charge on any atom is 0.416 e. The van der Waals surface area contributed by atoms with Crippen LogP contribution in [0.3, 0.4) is 0 Å². The highest BCUT2D eigenvalue weighted by atomic mass is 32.1. The summed E-state index contributed by atoms with van der Waals surface area (Å²) in [6.07, 6.45) is 8.49. The Hall–Kier alpha value is -1.14. The number of piperidine rings is 1. The molecule has 1 aromatic carbocycles. The van der Waals surface area contributed by atoms with Gasteiger partial charge in [0.2, 0.25) is 0 Å². The van der Waals surface area contributed by atoms with Crippen LogP contribution in [0.15, 0.2) is 24.3 Å². The molecule has 1 aromatic rings. The van der Waals surface area contributed by atoms with E-state index in [2.05, 4.69) is 9.80 Å². The molecule has 0 atom stereocenters. The molecular weight excluding hydrogens is 405 g/mol. The van der Waals surface area contributed by atoms with Crippen molar-refractivity contribution in [3.63, 3.8) is 0 Å². The first-order valence-corrected chi connectivity index (χ1v) is 11.9. The van der Waals surface area contributed by atoms with Crippen LogP contribution < -0.4 is 0 Å². The van der Waals surface area contributed by atoms with Crippen molar-refractivity contribution in [3.8, 4) is 0 Å². The Morgan fingerprint density at radius 3 is 2.23 bits per heavy atom. The number of unbranched alkanes of at least 4 members (excludes halogenated alkanes) is 1. The van der Waals surface area contributed by atoms with Crippen LogP contribution >= 0.6 is 12.2 Å². The zero-order valence-corrected chi connectivity index (χ0v) is 18.9. The largest absolute Gasteiger partial charge is 0.416 e. The van der Waals surface area contributed by atoms with Crippen LogP contribution in [-0.4, -0.2) is 47.5 Å². The molecular formula is C24H35F3N2S. The minimum Gasteiger partial charge on any atom is -0.362 e. The van der Waals surface area contributed by atoms with Gasteiger partial charge in [-0.05, 0) is 82.6 Å². The number of hydrogen-bond donors (Lipinski definition) is 0. The molecule has 168 valence electrons. The number of nitrogens with zero attached hydrogens (tertiary/aromatic N) is 2. The molecule has 0 radical (unpaired) electrons. The molecule has 30 heavy (non-hydrogen) atoms. The van der Waals surface area contributed by atoms with Crippen LogP contribution in [0.4, 0.5) is 13.2 Å². The van der Waals surface area contributed by atoms with Crippen LogP contribution in [0.25, 0.3) is 0 Å². The lowest BCUT2D eigenvalue weighted by Gasteiger charge is -2.36. The average molecular weight is 441 g/mol. The van der Waals surface area contributed by atoms with Gasteiger partial charge in [-0.15, -0.1) is 0 Å². The topological polar surface area (TPSA) is 6.48 Å². The summed E-state index contributed by atoms with van der Waals surface area (Å²) in [5, 5.41) is 0. The molecule has 0 unspecified atom stereocenters. The molecule has 1 aliphatic heterocycles. The van der Waals surface area contributed by atoms with E-state index in [0.717, 1.165) is 30.9 Å². The Morgan fingerprint density at radius 2 is 1.63 bits per heavy atom. The van der Waals surface area contributed by atoms with E-state index in [4.69, 9.17) is 12.2 Å². The summed E-state index contributed by atoms with van der Waals surface area (Å²) in [5.74, 6) is 0.815. The SMILES string of the molecule is CN(C(=S)c1ccc(C(F)(F)F)cc1)C1CCC(CCCCN2CCCCC2)CC1. The van der Waals surface area contributed by atoms with E-state index < -0.39 is 11.7 Å². The van der Waals surface area contributed by atoms with Gasteiger partial charge >= 0.3 is 6.18 Å². The Balaban J connectivity index is 1.38. The van der Waals surface area contributed by atoms with Crippen molar-refractivity contribution in [1.82, 2.24) is 9.80 Å². The van der Waals surface area contributed by atoms with Gasteiger partial charge in [0.25, 0.3) is 0 Å². The lowest BCUT2D eigenvalue weighted by molar-refractivity contribution is -0.137. The third-order valence-corrected chi connectivity index (χ3v) is 7.45. The second-order valence-electron chi connectivity index (χ2n) is 9.06. The number of rotatable bonds is 7. The molecule has 1 saturated heterocycles. The summed E-state index contributed by atoms with van der Waals surface area (Å²) in [4.78, 5) is 5.37. The smallest absolute Gasteiger partial charge is 0.362 e. The van der Waals surface area contributed by atoms with Gasteiger partial charge in [0.15, 0.2) is 0 Å². The minimum atomic E-state index is -4.31. The summed E-state index contributed by atoms with van der Waals surface area (Å²) in [7, 11) is 1.99. The average Bonchev–Trinajstić information content (AvgIpc) is 2.76. The van der Waals surface area contributed by atoms with Gasteiger partial charge < -0.3 is 9.80 Å². The molecule has 1 saturated carbocycles. The second-order valence-corrected chi connectivity index (χ2v) is 9.45. The number of halogens is 3. The van der Waals surface area contributed by atoms with Crippen LogP contribution in [0.2, 0.25) is 0 Å². The number of hydrogen-bond acceptors (Lipinski definition) is 2. The van der Waals surface area contributed by atoms with Gasteiger partial charge in [-0.25, -0.2) is 0 Å². The molecule has 0 amide bonds. The molecule has 0 N–H and O–H groups in total. The number of thiocarbonyl (C=S) groups is 1. The maximum absolute atomic E-state index is 12.8. The summed E-state index contributed by atoms with van der Waals surface area (Å²) in [6, 6.07) is 5.63. The van der Waals surface area contributed by atoms with Gasteiger partial charge in [0.1, 0.15) is 4.99 Å². The van der Waals surface area contributed by atoms with Crippen molar-refractivity contribution < 1.29 is 13.2 Å². The zero-order chi connectivity index (χ0) is 21.6. The highest BCUT2D eigenvalue weighted by Crippen LogP contribution is 2.32. The third kappa shape index (κ3) is 6.68. The van der Waals surface area contributed by atoms with E-state index in [-0.39, 0.29) is 0 Å². The maximum atomic E-state index is 12.8. The van der Waals surface area contributed by atoms with Gasteiger partial charge in [0.05, 0.1) is 5.56 Å². The predicted molar refractivity (Wildman–Crippen MR) is 121 cm³/mol. The van der Waals surface area contributed by atoms with Crippen molar-refractivity contribution >= 4 is 17.2 Å². The van der Waals surface area contributed by atoms with E-state index in [9.17, 15) is 13.2 Å². The van der Waals surface area contributed by atoms with Crippen molar-refractivity contribution in [2.75, 3.05) is 26.7 Å². The fourth-order valence-corrected chi connectivity index (χ4v) is 5.23. The molecule has 2 aliphatic rings. The van der Waals surface area contributed by atoms with Gasteiger partial charge in [-0.1, -0.05) is 43.6 Å². The Bertz CT molecular complexity index is 660. The number of benzene rings is 1. The summed E-state index contributed by atoms with van der Waals surface area (Å²) in [6.45, 7) is 3.84. The lowest BCUT2D eigenvalue weighted by atomic mass is 9.82. The van der Waals surface area contributed by atoms with Crippen molar-refractivity contribution in [2.45, 2.75) is 76.4 Å². The predicted octanol–water partition coefficient (Wildman–Crippen LogP) is 6.53. The van der Waals surface area contributed by atoms with Gasteiger partial charge in [-0.3, -0.25) is 0 Å². The second kappa shape index (κ2) is 10.9. The van der Waals surface area contributed by atoms with Crippen molar-refractivity contribution in [3.05, 3.63) is 35.4 Å². The first-order valence-electron chi connectivity index (χ1n) is 11.5. The quantitative estimate of drug-likeness (QED) is 0.352. The fraction of sp³-hybridized carbons (Fsp3) is 0.708. The first-order chi connectivity index (χ1) is 14.3. The number of alkyl halides is 3. The van der Waals surface area contributed by atoms with Crippen LogP contribution in [0, 0.1) is 5.92 Å².